The van der Waals surface area contributed by atoms with Gasteiger partial charge in [-0.2, -0.15) is 0 Å². The van der Waals surface area contributed by atoms with Crippen LogP contribution >= 0.6 is 0 Å². The van der Waals surface area contributed by atoms with Crippen molar-refractivity contribution in [3.05, 3.63) is 0 Å². The van der Waals surface area contributed by atoms with E-state index in [1.807, 2.05) is 0 Å². The Morgan fingerprint density at radius 3 is 2.55 bits per heavy atom. The van der Waals surface area contributed by atoms with E-state index in [2.05, 4.69) is 5.32 Å². The zero-order valence-electron chi connectivity index (χ0n) is 6.92. The van der Waals surface area contributed by atoms with Gasteiger partial charge in [0.2, 0.25) is 0 Å². The molecule has 11 heavy (non-hydrogen) atoms. The average Bonchev–Trinajstić information content (AvgIpc) is 2.31. The molecule has 3 nitrogen and oxygen atoms in total. The maximum absolute atomic E-state index is 13.0. The molecule has 0 bridgehead atoms. The van der Waals surface area contributed by atoms with E-state index in [4.69, 9.17) is 5.02 Å². The van der Waals surface area contributed by atoms with Gasteiger partial charge in [-0.25, -0.2) is 4.39 Å². The number of rotatable bonds is 2. The zero-order valence-corrected chi connectivity index (χ0v) is 6.92. The van der Waals surface area contributed by atoms with Crippen molar-refractivity contribution in [1.29, 1.82) is 0 Å². The molecule has 0 amide bonds. The molecule has 0 spiro atoms. The summed E-state index contributed by atoms with van der Waals surface area (Å²) in [5, 5.41) is 12.0. The van der Waals surface area contributed by atoms with E-state index in [-0.39, 0.29) is 6.04 Å². The van der Waals surface area contributed by atoms with Crippen LogP contribution in [-0.2, 0) is 0 Å². The van der Waals surface area contributed by atoms with Crippen LogP contribution < -0.4 is 5.32 Å². The third-order valence-corrected chi connectivity index (χ3v) is 2.18. The molecule has 0 aromatic heterocycles. The lowest BCUT2D eigenvalue weighted by Gasteiger charge is -2.14. The highest BCUT2D eigenvalue weighted by Crippen LogP contribution is 2.13. The van der Waals surface area contributed by atoms with Gasteiger partial charge in [-0.3, -0.25) is 0 Å². The molecule has 0 aromatic rings. The summed E-state index contributed by atoms with van der Waals surface area (Å²) in [5.74, 6) is 0. The number of nitrogens with zero attached hydrogens (tertiary/aromatic N) is 1. The molecule has 1 rings (SSSR count). The van der Waals surface area contributed by atoms with Crippen LogP contribution in [0.3, 0.4) is 0 Å². The molecule has 0 aromatic carbocycles. The summed E-state index contributed by atoms with van der Waals surface area (Å²) < 4.78 is 13.0. The smallest absolute Gasteiger partial charge is 0.376 e. The fraction of sp³-hybridized carbons (Fsp3) is 1.00. The molecule has 64 valence electrons. The molecule has 0 unspecified atom stereocenters. The molecule has 0 saturated carbocycles. The highest BCUT2D eigenvalue weighted by molar-refractivity contribution is 6.45. The Hall–Kier alpha value is -0.125. The number of hydrogen-bond acceptors (Lipinski definition) is 3. The van der Waals surface area contributed by atoms with Crippen molar-refractivity contribution in [3.8, 4) is 0 Å². The topological polar surface area (TPSA) is 35.5 Å². The number of likely N-dealkylation sites (N-methyl/N-ethyl adjacent to an activating group) is 1. The molecule has 0 radical (unpaired) electrons. The molecular formula is C6H14BFN2O. The molecule has 1 fully saturated rings. The Kier molecular flexibility index (Phi) is 2.87. The number of alkyl halides is 1. The van der Waals surface area contributed by atoms with Gasteiger partial charge in [-0.1, -0.05) is 0 Å². The molecule has 2 atom stereocenters. The Bertz CT molecular complexity index is 136. The molecule has 0 aliphatic carbocycles. The van der Waals surface area contributed by atoms with Gasteiger partial charge in [0.25, 0.3) is 0 Å². The second kappa shape index (κ2) is 3.52. The van der Waals surface area contributed by atoms with Crippen molar-refractivity contribution >= 4 is 7.05 Å². The van der Waals surface area contributed by atoms with Gasteiger partial charge in [-0.05, 0) is 13.9 Å². The van der Waals surface area contributed by atoms with E-state index in [1.54, 1.807) is 18.7 Å². The Morgan fingerprint density at radius 2 is 2.27 bits per heavy atom. The summed E-state index contributed by atoms with van der Waals surface area (Å²) in [7, 11) is 1.20. The van der Waals surface area contributed by atoms with Crippen molar-refractivity contribution in [1.82, 2.24) is 10.1 Å². The molecule has 1 heterocycles. The summed E-state index contributed by atoms with van der Waals surface area (Å²) in [5.41, 5.74) is 0. The van der Waals surface area contributed by atoms with Crippen LogP contribution in [0, 0.1) is 0 Å². The Labute approximate surface area is 66.7 Å². The van der Waals surface area contributed by atoms with Crippen LogP contribution in [0.4, 0.5) is 4.39 Å². The molecule has 2 N–H and O–H groups in total. The molecule has 1 saturated heterocycles. The second-order valence-corrected chi connectivity index (χ2v) is 3.00. The van der Waals surface area contributed by atoms with E-state index in [1.165, 1.54) is 0 Å². The molecule has 1 aliphatic heterocycles. The van der Waals surface area contributed by atoms with Gasteiger partial charge >= 0.3 is 7.05 Å². The minimum Gasteiger partial charge on any atom is -0.437 e. The lowest BCUT2D eigenvalue weighted by atomic mass is 9.86. The third-order valence-electron chi connectivity index (χ3n) is 2.18. The minimum atomic E-state index is -0.852. The Balaban J connectivity index is 2.43. The van der Waals surface area contributed by atoms with Crippen molar-refractivity contribution < 1.29 is 9.41 Å². The first-order valence-corrected chi connectivity index (χ1v) is 3.88. The zero-order chi connectivity index (χ0) is 8.43. The van der Waals surface area contributed by atoms with Gasteiger partial charge in [0.1, 0.15) is 6.17 Å². The summed E-state index contributed by atoms with van der Waals surface area (Å²) in [6.45, 7) is 2.59. The quantitative estimate of drug-likeness (QED) is 0.526. The van der Waals surface area contributed by atoms with E-state index < -0.39 is 13.2 Å². The highest BCUT2D eigenvalue weighted by Gasteiger charge is 2.34. The summed E-state index contributed by atoms with van der Waals surface area (Å²) in [6.07, 6.45) is -0.852. The maximum atomic E-state index is 13.0. The van der Waals surface area contributed by atoms with E-state index in [0.717, 1.165) is 0 Å². The standard InChI is InChI=1S/C6H14BFN2O/c1-7(11)10-3-5(8)6(4-10)9-2/h5-6,9,11H,3-4H2,1-2H3/t5-,6-/m0/s1. The second-order valence-electron chi connectivity index (χ2n) is 3.00. The van der Waals surface area contributed by atoms with Crippen LogP contribution in [-0.4, -0.2) is 49.2 Å². The van der Waals surface area contributed by atoms with Crippen molar-refractivity contribution in [2.75, 3.05) is 20.1 Å². The predicted octanol–water partition coefficient (Wildman–Crippen LogP) is -0.662. The lowest BCUT2D eigenvalue weighted by molar-refractivity contribution is 0.301. The fourth-order valence-corrected chi connectivity index (χ4v) is 1.37. The van der Waals surface area contributed by atoms with Crippen molar-refractivity contribution in [2.45, 2.75) is 19.0 Å². The predicted molar refractivity (Wildman–Crippen MR) is 43.2 cm³/mol. The average molecular weight is 160 g/mol. The molecular weight excluding hydrogens is 146 g/mol. The van der Waals surface area contributed by atoms with Gasteiger partial charge in [0.15, 0.2) is 0 Å². The number of nitrogens with one attached hydrogen (secondary N) is 1. The van der Waals surface area contributed by atoms with Gasteiger partial charge in [-0.15, -0.1) is 0 Å². The molecule has 1 aliphatic rings. The highest BCUT2D eigenvalue weighted by atomic mass is 19.1. The molecule has 5 heteroatoms. The fourth-order valence-electron chi connectivity index (χ4n) is 1.37. The normalized spacial score (nSPS) is 32.7. The van der Waals surface area contributed by atoms with Crippen molar-refractivity contribution in [3.63, 3.8) is 0 Å². The minimum absolute atomic E-state index is 0.121. The van der Waals surface area contributed by atoms with Crippen LogP contribution in [0.1, 0.15) is 0 Å². The maximum Gasteiger partial charge on any atom is 0.376 e. The summed E-state index contributed by atoms with van der Waals surface area (Å²) in [6, 6.07) is -0.121. The van der Waals surface area contributed by atoms with Gasteiger partial charge < -0.3 is 15.2 Å². The first-order chi connectivity index (χ1) is 5.15. The van der Waals surface area contributed by atoms with Gasteiger partial charge in [0.05, 0.1) is 6.04 Å². The monoisotopic (exact) mass is 160 g/mol. The third kappa shape index (κ3) is 1.92. The van der Waals surface area contributed by atoms with Crippen LogP contribution in [0.25, 0.3) is 0 Å². The SMILES string of the molecule is CN[C@H]1CN(B(C)O)C[C@@H]1F. The summed E-state index contributed by atoms with van der Waals surface area (Å²) >= 11 is 0. The van der Waals surface area contributed by atoms with E-state index in [0.29, 0.717) is 13.1 Å². The van der Waals surface area contributed by atoms with E-state index in [9.17, 15) is 4.39 Å². The van der Waals surface area contributed by atoms with Crippen molar-refractivity contribution in [2.24, 2.45) is 0 Å². The van der Waals surface area contributed by atoms with E-state index >= 15 is 0 Å². The number of hydrogen-bond donors (Lipinski definition) is 2. The van der Waals surface area contributed by atoms with Crippen LogP contribution in [0.15, 0.2) is 0 Å². The number of halogens is 1. The van der Waals surface area contributed by atoms with Crippen LogP contribution in [0.5, 0.6) is 0 Å². The Morgan fingerprint density at radius 1 is 1.64 bits per heavy atom. The van der Waals surface area contributed by atoms with Gasteiger partial charge in [0, 0.05) is 13.1 Å². The lowest BCUT2D eigenvalue weighted by Crippen LogP contribution is -2.38. The largest absolute Gasteiger partial charge is 0.437 e. The first-order valence-electron chi connectivity index (χ1n) is 3.88. The summed E-state index contributed by atoms with van der Waals surface area (Å²) in [4.78, 5) is 1.71. The van der Waals surface area contributed by atoms with Crippen LogP contribution in [0.2, 0.25) is 6.82 Å². The first kappa shape index (κ1) is 8.97.